The van der Waals surface area contributed by atoms with Crippen LogP contribution in [0, 0.1) is 0 Å². The van der Waals surface area contributed by atoms with Crippen LogP contribution in [0.3, 0.4) is 0 Å². The normalized spacial score (nSPS) is 11.8. The Bertz CT molecular complexity index is 342. The second kappa shape index (κ2) is 5.21. The van der Waals surface area contributed by atoms with Crippen molar-refractivity contribution in [3.8, 4) is 0 Å². The molecular formula is C13H20N2O. The topological polar surface area (TPSA) is 33.2 Å². The smallest absolute Gasteiger partial charge is 0.184 e. The third-order valence-corrected chi connectivity index (χ3v) is 3.03. The highest BCUT2D eigenvalue weighted by atomic mass is 16.1. The summed E-state index contributed by atoms with van der Waals surface area (Å²) in [5, 5.41) is 0. The first kappa shape index (κ1) is 12.8. The maximum Gasteiger partial charge on any atom is 0.184 e. The second-order valence-corrected chi connectivity index (χ2v) is 4.30. The predicted octanol–water partition coefficient (Wildman–Crippen LogP) is 2.38. The minimum absolute atomic E-state index is 0.129. The standard InChI is InChI=1S/C13H20N2O/c1-5-15(6-2)13(3,4)12(16)11-8-7-9-14-10-11/h7-10H,5-6H2,1-4H3. The lowest BCUT2D eigenvalue weighted by molar-refractivity contribution is 0.0668. The minimum Gasteiger partial charge on any atom is -0.292 e. The summed E-state index contributed by atoms with van der Waals surface area (Å²) >= 11 is 0. The number of hydrogen-bond donors (Lipinski definition) is 0. The molecule has 0 fully saturated rings. The highest BCUT2D eigenvalue weighted by molar-refractivity contribution is 6.02. The molecular weight excluding hydrogens is 200 g/mol. The van der Waals surface area contributed by atoms with Crippen LogP contribution in [-0.4, -0.2) is 34.3 Å². The quantitative estimate of drug-likeness (QED) is 0.714. The number of carbonyl (C=O) groups is 1. The maximum absolute atomic E-state index is 12.3. The fourth-order valence-corrected chi connectivity index (χ4v) is 2.01. The monoisotopic (exact) mass is 220 g/mol. The Morgan fingerprint density at radius 3 is 2.44 bits per heavy atom. The Kier molecular flexibility index (Phi) is 4.19. The number of hydrogen-bond acceptors (Lipinski definition) is 3. The van der Waals surface area contributed by atoms with Gasteiger partial charge in [0.1, 0.15) is 0 Å². The highest BCUT2D eigenvalue weighted by Gasteiger charge is 2.33. The van der Waals surface area contributed by atoms with Crippen molar-refractivity contribution in [2.24, 2.45) is 0 Å². The van der Waals surface area contributed by atoms with E-state index in [0.29, 0.717) is 5.56 Å². The third kappa shape index (κ3) is 2.47. The summed E-state index contributed by atoms with van der Waals surface area (Å²) in [4.78, 5) is 18.5. The molecule has 0 bridgehead atoms. The van der Waals surface area contributed by atoms with Gasteiger partial charge in [-0.15, -0.1) is 0 Å². The Labute approximate surface area is 97.5 Å². The van der Waals surface area contributed by atoms with Crippen LogP contribution in [-0.2, 0) is 0 Å². The molecule has 0 aliphatic heterocycles. The van der Waals surface area contributed by atoms with E-state index in [4.69, 9.17) is 0 Å². The van der Waals surface area contributed by atoms with E-state index < -0.39 is 5.54 Å². The molecule has 0 N–H and O–H groups in total. The van der Waals surface area contributed by atoms with Crippen LogP contribution in [0.4, 0.5) is 0 Å². The van der Waals surface area contributed by atoms with E-state index in [1.807, 2.05) is 19.9 Å². The van der Waals surface area contributed by atoms with Gasteiger partial charge in [0.15, 0.2) is 5.78 Å². The van der Waals surface area contributed by atoms with Crippen molar-refractivity contribution in [2.45, 2.75) is 33.2 Å². The number of aromatic nitrogens is 1. The van der Waals surface area contributed by atoms with Gasteiger partial charge in [0.25, 0.3) is 0 Å². The van der Waals surface area contributed by atoms with E-state index >= 15 is 0 Å². The first-order valence-corrected chi connectivity index (χ1v) is 5.73. The third-order valence-electron chi connectivity index (χ3n) is 3.03. The lowest BCUT2D eigenvalue weighted by Gasteiger charge is -2.35. The summed E-state index contributed by atoms with van der Waals surface area (Å²) in [6, 6.07) is 3.62. The molecule has 0 amide bonds. The fraction of sp³-hybridized carbons (Fsp3) is 0.538. The van der Waals surface area contributed by atoms with Crippen molar-refractivity contribution in [3.05, 3.63) is 30.1 Å². The van der Waals surface area contributed by atoms with Crippen LogP contribution in [0.2, 0.25) is 0 Å². The second-order valence-electron chi connectivity index (χ2n) is 4.30. The summed E-state index contributed by atoms with van der Waals surface area (Å²) in [6.45, 7) is 9.82. The predicted molar refractivity (Wildman–Crippen MR) is 65.6 cm³/mol. The average molecular weight is 220 g/mol. The summed E-state index contributed by atoms with van der Waals surface area (Å²) in [7, 11) is 0. The summed E-state index contributed by atoms with van der Waals surface area (Å²) < 4.78 is 0. The van der Waals surface area contributed by atoms with Crippen molar-refractivity contribution in [2.75, 3.05) is 13.1 Å². The Morgan fingerprint density at radius 2 is 2.00 bits per heavy atom. The molecule has 0 saturated heterocycles. The van der Waals surface area contributed by atoms with E-state index in [-0.39, 0.29) is 5.78 Å². The van der Waals surface area contributed by atoms with Crippen molar-refractivity contribution < 1.29 is 4.79 Å². The van der Waals surface area contributed by atoms with E-state index in [9.17, 15) is 4.79 Å². The van der Waals surface area contributed by atoms with Gasteiger partial charge in [0.05, 0.1) is 5.54 Å². The van der Waals surface area contributed by atoms with Crippen LogP contribution < -0.4 is 0 Å². The molecule has 1 heterocycles. The number of rotatable bonds is 5. The number of likely N-dealkylation sites (N-methyl/N-ethyl adjacent to an activating group) is 1. The number of ketones is 1. The first-order chi connectivity index (χ1) is 7.54. The molecule has 0 aromatic carbocycles. The SMILES string of the molecule is CCN(CC)C(C)(C)C(=O)c1cccnc1. The zero-order valence-corrected chi connectivity index (χ0v) is 10.5. The largest absolute Gasteiger partial charge is 0.292 e. The summed E-state index contributed by atoms with van der Waals surface area (Å²) in [6.07, 6.45) is 3.31. The Hall–Kier alpha value is -1.22. The summed E-state index contributed by atoms with van der Waals surface area (Å²) in [5.41, 5.74) is 0.214. The molecule has 3 nitrogen and oxygen atoms in total. The molecule has 0 aliphatic carbocycles. The van der Waals surface area contributed by atoms with Gasteiger partial charge in [0.2, 0.25) is 0 Å². The van der Waals surface area contributed by atoms with Crippen LogP contribution in [0.5, 0.6) is 0 Å². The van der Waals surface area contributed by atoms with Crippen LogP contribution >= 0.6 is 0 Å². The number of Topliss-reactive ketones (excluding diaryl/α,β-unsaturated/α-hetero) is 1. The molecule has 0 atom stereocenters. The van der Waals surface area contributed by atoms with Crippen molar-refractivity contribution in [1.29, 1.82) is 0 Å². The van der Waals surface area contributed by atoms with Gasteiger partial charge in [-0.25, -0.2) is 0 Å². The van der Waals surface area contributed by atoms with Gasteiger partial charge in [-0.05, 0) is 39.1 Å². The molecule has 0 spiro atoms. The van der Waals surface area contributed by atoms with Gasteiger partial charge in [-0.2, -0.15) is 0 Å². The molecule has 1 aromatic heterocycles. The lowest BCUT2D eigenvalue weighted by atomic mass is 9.92. The number of carbonyl (C=O) groups excluding carboxylic acids is 1. The van der Waals surface area contributed by atoms with Gasteiger partial charge >= 0.3 is 0 Å². The highest BCUT2D eigenvalue weighted by Crippen LogP contribution is 2.19. The number of pyridine rings is 1. The van der Waals surface area contributed by atoms with Gasteiger partial charge < -0.3 is 0 Å². The molecule has 0 radical (unpaired) electrons. The Morgan fingerprint density at radius 1 is 1.38 bits per heavy atom. The van der Waals surface area contributed by atoms with Crippen LogP contribution in [0.25, 0.3) is 0 Å². The lowest BCUT2D eigenvalue weighted by Crippen LogP contribution is -2.49. The van der Waals surface area contributed by atoms with Crippen molar-refractivity contribution >= 4 is 5.78 Å². The van der Waals surface area contributed by atoms with E-state index in [0.717, 1.165) is 13.1 Å². The molecule has 3 heteroatoms. The maximum atomic E-state index is 12.3. The summed E-state index contributed by atoms with van der Waals surface area (Å²) in [5.74, 6) is 0.129. The van der Waals surface area contributed by atoms with Gasteiger partial charge in [-0.1, -0.05) is 13.8 Å². The van der Waals surface area contributed by atoms with E-state index in [1.165, 1.54) is 0 Å². The van der Waals surface area contributed by atoms with Gasteiger partial charge in [0, 0.05) is 18.0 Å². The zero-order valence-electron chi connectivity index (χ0n) is 10.5. The minimum atomic E-state index is -0.466. The van der Waals surface area contributed by atoms with E-state index in [1.54, 1.807) is 18.5 Å². The number of nitrogens with zero attached hydrogens (tertiary/aromatic N) is 2. The molecule has 16 heavy (non-hydrogen) atoms. The van der Waals surface area contributed by atoms with Crippen LogP contribution in [0.15, 0.2) is 24.5 Å². The molecule has 0 aliphatic rings. The van der Waals surface area contributed by atoms with Crippen molar-refractivity contribution in [1.82, 2.24) is 9.88 Å². The van der Waals surface area contributed by atoms with Crippen LogP contribution in [0.1, 0.15) is 38.1 Å². The average Bonchev–Trinajstić information content (AvgIpc) is 2.30. The fourth-order valence-electron chi connectivity index (χ4n) is 2.01. The Balaban J connectivity index is 2.96. The molecule has 1 rings (SSSR count). The molecule has 1 aromatic rings. The van der Waals surface area contributed by atoms with E-state index in [2.05, 4.69) is 23.7 Å². The first-order valence-electron chi connectivity index (χ1n) is 5.73. The van der Waals surface area contributed by atoms with Gasteiger partial charge in [-0.3, -0.25) is 14.7 Å². The van der Waals surface area contributed by atoms with Crippen molar-refractivity contribution in [3.63, 3.8) is 0 Å². The molecule has 0 unspecified atom stereocenters. The zero-order chi connectivity index (χ0) is 12.2. The molecule has 0 saturated carbocycles. The molecule has 88 valence electrons.